The molecule has 5 heteroatoms. The third kappa shape index (κ3) is 2.90. The second kappa shape index (κ2) is 5.10. The number of benzene rings is 1. The minimum Gasteiger partial charge on any atom is -0.348 e. The Balaban J connectivity index is 1.63. The number of carbonyl (C=O) groups excluding carboxylic acids is 1. The summed E-state index contributed by atoms with van der Waals surface area (Å²) in [4.78, 5) is 14.4. The van der Waals surface area contributed by atoms with Crippen LogP contribution in [0.5, 0.6) is 0 Å². The predicted octanol–water partition coefficient (Wildman–Crippen LogP) is 2.45. The first-order chi connectivity index (χ1) is 9.13. The average Bonchev–Trinajstić information content (AvgIpc) is 3.13. The summed E-state index contributed by atoms with van der Waals surface area (Å²) in [5.41, 5.74) is 0.0253. The molecular formula is C14H16ClFN2O. The topological polar surface area (TPSA) is 32.3 Å². The number of nitrogens with zero attached hydrogens (tertiary/aromatic N) is 1. The van der Waals surface area contributed by atoms with E-state index in [1.165, 1.54) is 31.0 Å². The van der Waals surface area contributed by atoms with E-state index in [2.05, 4.69) is 10.2 Å². The lowest BCUT2D eigenvalue weighted by Gasteiger charge is -2.16. The maximum atomic E-state index is 13.6. The minimum atomic E-state index is -0.529. The quantitative estimate of drug-likeness (QED) is 0.924. The van der Waals surface area contributed by atoms with E-state index in [1.807, 2.05) is 0 Å². The van der Waals surface area contributed by atoms with Crippen LogP contribution in [0.3, 0.4) is 0 Å². The van der Waals surface area contributed by atoms with E-state index >= 15 is 0 Å². The van der Waals surface area contributed by atoms with E-state index in [4.69, 9.17) is 11.6 Å². The van der Waals surface area contributed by atoms with Crippen LogP contribution >= 0.6 is 11.6 Å². The summed E-state index contributed by atoms with van der Waals surface area (Å²) in [5.74, 6) is -0.901. The van der Waals surface area contributed by atoms with Crippen LogP contribution in [-0.4, -0.2) is 36.0 Å². The molecule has 0 spiro atoms. The number of amides is 1. The smallest absolute Gasteiger partial charge is 0.254 e. The molecule has 1 aromatic carbocycles. The summed E-state index contributed by atoms with van der Waals surface area (Å²) in [6.45, 7) is 1.90. The molecule has 102 valence electrons. The van der Waals surface area contributed by atoms with Crippen molar-refractivity contribution in [3.05, 3.63) is 34.6 Å². The molecule has 0 bridgehead atoms. The summed E-state index contributed by atoms with van der Waals surface area (Å²) < 4.78 is 13.6. The van der Waals surface area contributed by atoms with E-state index in [9.17, 15) is 9.18 Å². The van der Waals surface area contributed by atoms with Crippen LogP contribution < -0.4 is 5.32 Å². The molecule has 2 aliphatic rings. The van der Waals surface area contributed by atoms with Gasteiger partial charge in [-0.15, -0.1) is 0 Å². The van der Waals surface area contributed by atoms with Gasteiger partial charge in [0.15, 0.2) is 0 Å². The largest absolute Gasteiger partial charge is 0.348 e. The van der Waals surface area contributed by atoms with Gasteiger partial charge in [-0.3, -0.25) is 9.69 Å². The Kier molecular flexibility index (Phi) is 3.46. The second-order valence-electron chi connectivity index (χ2n) is 5.31. The minimum absolute atomic E-state index is 0.0253. The monoisotopic (exact) mass is 282 g/mol. The molecule has 1 saturated carbocycles. The SMILES string of the molecule is O=C(N[C@H]1CCN(C2CC2)C1)c1cc(Cl)ccc1F. The molecule has 0 unspecified atom stereocenters. The van der Waals surface area contributed by atoms with Crippen molar-refractivity contribution in [3.63, 3.8) is 0 Å². The van der Waals surface area contributed by atoms with Gasteiger partial charge >= 0.3 is 0 Å². The van der Waals surface area contributed by atoms with Crippen molar-refractivity contribution in [1.29, 1.82) is 0 Å². The Morgan fingerprint density at radius 1 is 1.37 bits per heavy atom. The van der Waals surface area contributed by atoms with E-state index in [0.29, 0.717) is 11.1 Å². The summed E-state index contributed by atoms with van der Waals surface area (Å²) in [5, 5.41) is 3.27. The van der Waals surface area contributed by atoms with Gasteiger partial charge in [0.25, 0.3) is 5.91 Å². The fraction of sp³-hybridized carbons (Fsp3) is 0.500. The molecule has 0 radical (unpaired) electrons. The molecule has 1 aliphatic heterocycles. The van der Waals surface area contributed by atoms with Gasteiger partial charge in [-0.05, 0) is 37.5 Å². The van der Waals surface area contributed by atoms with E-state index < -0.39 is 5.82 Å². The number of carbonyl (C=O) groups is 1. The standard InChI is InChI=1S/C14H16ClFN2O/c15-9-1-4-13(16)12(7-9)14(19)17-10-5-6-18(8-10)11-2-3-11/h1,4,7,10-11H,2-3,5-6,8H2,(H,17,19)/t10-/m0/s1. The Morgan fingerprint density at radius 2 is 2.16 bits per heavy atom. The maximum Gasteiger partial charge on any atom is 0.254 e. The van der Waals surface area contributed by atoms with E-state index in [1.54, 1.807) is 0 Å². The first-order valence-corrected chi connectivity index (χ1v) is 7.01. The van der Waals surface area contributed by atoms with Crippen LogP contribution in [0.2, 0.25) is 5.02 Å². The van der Waals surface area contributed by atoms with Crippen molar-refractivity contribution in [2.24, 2.45) is 0 Å². The van der Waals surface area contributed by atoms with Crippen molar-refractivity contribution in [3.8, 4) is 0 Å². The van der Waals surface area contributed by atoms with Crippen molar-refractivity contribution in [2.75, 3.05) is 13.1 Å². The normalized spacial score (nSPS) is 23.6. The molecule has 3 nitrogen and oxygen atoms in total. The van der Waals surface area contributed by atoms with Crippen molar-refractivity contribution in [1.82, 2.24) is 10.2 Å². The highest BCUT2D eigenvalue weighted by atomic mass is 35.5. The Bertz CT molecular complexity index is 504. The van der Waals surface area contributed by atoms with Gasteiger partial charge in [0.05, 0.1) is 5.56 Å². The highest BCUT2D eigenvalue weighted by molar-refractivity contribution is 6.31. The first kappa shape index (κ1) is 12.9. The molecule has 3 rings (SSSR count). The average molecular weight is 283 g/mol. The fourth-order valence-electron chi connectivity index (χ4n) is 2.61. The van der Waals surface area contributed by atoms with Gasteiger partial charge in [-0.1, -0.05) is 11.6 Å². The van der Waals surface area contributed by atoms with Crippen molar-refractivity contribution < 1.29 is 9.18 Å². The lowest BCUT2D eigenvalue weighted by Crippen LogP contribution is -2.37. The van der Waals surface area contributed by atoms with Crippen LogP contribution in [0.15, 0.2) is 18.2 Å². The first-order valence-electron chi connectivity index (χ1n) is 6.63. The molecule has 1 aromatic rings. The van der Waals surface area contributed by atoms with Crippen molar-refractivity contribution in [2.45, 2.75) is 31.3 Å². The molecular weight excluding hydrogens is 267 g/mol. The third-order valence-electron chi connectivity index (χ3n) is 3.79. The molecule has 1 atom stereocenters. The summed E-state index contributed by atoms with van der Waals surface area (Å²) in [7, 11) is 0. The number of rotatable bonds is 3. The van der Waals surface area contributed by atoms with Crippen LogP contribution in [0.4, 0.5) is 4.39 Å². The molecule has 2 fully saturated rings. The maximum absolute atomic E-state index is 13.6. The number of nitrogens with one attached hydrogen (secondary N) is 1. The highest BCUT2D eigenvalue weighted by Crippen LogP contribution is 2.29. The molecule has 19 heavy (non-hydrogen) atoms. The summed E-state index contributed by atoms with van der Waals surface area (Å²) in [6, 6.07) is 4.87. The number of hydrogen-bond donors (Lipinski definition) is 1. The lowest BCUT2D eigenvalue weighted by atomic mass is 10.1. The van der Waals surface area contributed by atoms with Crippen LogP contribution in [0, 0.1) is 5.82 Å². The predicted molar refractivity (Wildman–Crippen MR) is 71.9 cm³/mol. The zero-order chi connectivity index (χ0) is 13.4. The van der Waals surface area contributed by atoms with Gasteiger partial charge in [0.1, 0.15) is 5.82 Å². The van der Waals surface area contributed by atoms with Gasteiger partial charge in [-0.2, -0.15) is 0 Å². The van der Waals surface area contributed by atoms with Gasteiger partial charge in [0, 0.05) is 30.2 Å². The fourth-order valence-corrected chi connectivity index (χ4v) is 2.78. The zero-order valence-electron chi connectivity index (χ0n) is 10.5. The van der Waals surface area contributed by atoms with E-state index in [-0.39, 0.29) is 17.5 Å². The molecule has 0 aromatic heterocycles. The number of likely N-dealkylation sites (tertiary alicyclic amines) is 1. The molecule has 1 saturated heterocycles. The zero-order valence-corrected chi connectivity index (χ0v) is 11.3. The second-order valence-corrected chi connectivity index (χ2v) is 5.75. The molecule has 1 heterocycles. The Hall–Kier alpha value is -1.13. The Labute approximate surface area is 116 Å². The number of halogens is 2. The van der Waals surface area contributed by atoms with Crippen LogP contribution in [-0.2, 0) is 0 Å². The lowest BCUT2D eigenvalue weighted by molar-refractivity contribution is 0.0933. The van der Waals surface area contributed by atoms with Gasteiger partial charge in [0.2, 0.25) is 0 Å². The summed E-state index contributed by atoms with van der Waals surface area (Å²) >= 11 is 5.80. The van der Waals surface area contributed by atoms with Gasteiger partial charge in [-0.25, -0.2) is 4.39 Å². The van der Waals surface area contributed by atoms with Crippen molar-refractivity contribution >= 4 is 17.5 Å². The van der Waals surface area contributed by atoms with Gasteiger partial charge < -0.3 is 5.32 Å². The molecule has 1 amide bonds. The summed E-state index contributed by atoms with van der Waals surface area (Å²) in [6.07, 6.45) is 3.47. The van der Waals surface area contributed by atoms with E-state index in [0.717, 1.165) is 19.5 Å². The highest BCUT2D eigenvalue weighted by Gasteiger charge is 2.35. The molecule has 1 aliphatic carbocycles. The van der Waals surface area contributed by atoms with Crippen LogP contribution in [0.1, 0.15) is 29.6 Å². The third-order valence-corrected chi connectivity index (χ3v) is 4.03. The number of hydrogen-bond acceptors (Lipinski definition) is 2. The Morgan fingerprint density at radius 3 is 2.89 bits per heavy atom. The van der Waals surface area contributed by atoms with Crippen LogP contribution in [0.25, 0.3) is 0 Å². The molecule has 1 N–H and O–H groups in total.